The summed E-state index contributed by atoms with van der Waals surface area (Å²) in [6.07, 6.45) is 13.7. The summed E-state index contributed by atoms with van der Waals surface area (Å²) in [6, 6.07) is 0. The lowest BCUT2D eigenvalue weighted by Crippen LogP contribution is -2.18. The Balaban J connectivity index is 2.51. The minimum absolute atomic E-state index is 0.203. The smallest absolute Gasteiger partial charge is 0.302 e. The molecule has 1 aliphatic carbocycles. The van der Waals surface area contributed by atoms with E-state index < -0.39 is 6.10 Å². The van der Waals surface area contributed by atoms with E-state index in [0.29, 0.717) is 0 Å². The summed E-state index contributed by atoms with van der Waals surface area (Å²) in [5, 5.41) is 10.0. The van der Waals surface area contributed by atoms with Gasteiger partial charge in [-0.2, -0.15) is 0 Å². The van der Waals surface area contributed by atoms with E-state index in [1.165, 1.54) is 37.3 Å². The van der Waals surface area contributed by atoms with Gasteiger partial charge < -0.3 is 9.84 Å². The Morgan fingerprint density at radius 3 is 2.67 bits per heavy atom. The summed E-state index contributed by atoms with van der Waals surface area (Å²) >= 11 is 0. The third kappa shape index (κ3) is 6.88. The van der Waals surface area contributed by atoms with Crippen molar-refractivity contribution in [1.29, 1.82) is 0 Å². The van der Waals surface area contributed by atoms with Crippen LogP contribution in [0.2, 0.25) is 0 Å². The van der Waals surface area contributed by atoms with E-state index >= 15 is 0 Å². The van der Waals surface area contributed by atoms with Gasteiger partial charge in [-0.3, -0.25) is 4.79 Å². The maximum absolute atomic E-state index is 10.7. The van der Waals surface area contributed by atoms with Crippen molar-refractivity contribution in [3.05, 3.63) is 47.1 Å². The first-order chi connectivity index (χ1) is 11.2. The Labute approximate surface area is 146 Å². The zero-order valence-corrected chi connectivity index (χ0v) is 15.8. The van der Waals surface area contributed by atoms with Gasteiger partial charge in [-0.1, -0.05) is 43.7 Å². The molecule has 0 heterocycles. The fraction of sp³-hybridized carbons (Fsp3) is 0.571. The van der Waals surface area contributed by atoms with Crippen LogP contribution >= 0.6 is 0 Å². The molecule has 1 atom stereocenters. The zero-order chi connectivity index (χ0) is 18.2. The molecule has 0 aromatic carbocycles. The van der Waals surface area contributed by atoms with Gasteiger partial charge in [0.2, 0.25) is 0 Å². The Kier molecular flexibility index (Phi) is 8.20. The molecular formula is C21H32O3. The number of ether oxygens (including phenoxy) is 1. The van der Waals surface area contributed by atoms with E-state index in [2.05, 4.69) is 32.9 Å². The molecule has 0 fully saturated rings. The van der Waals surface area contributed by atoms with Gasteiger partial charge in [-0.25, -0.2) is 0 Å². The second-order valence-corrected chi connectivity index (χ2v) is 7.19. The molecule has 1 rings (SSSR count). The molecule has 24 heavy (non-hydrogen) atoms. The van der Waals surface area contributed by atoms with Crippen LogP contribution in [0.1, 0.15) is 60.3 Å². The minimum Gasteiger partial charge on any atom is -0.462 e. The zero-order valence-electron chi connectivity index (χ0n) is 15.8. The first-order valence-corrected chi connectivity index (χ1v) is 8.75. The number of esters is 1. The van der Waals surface area contributed by atoms with Gasteiger partial charge in [0.1, 0.15) is 6.61 Å². The van der Waals surface area contributed by atoms with Crippen LogP contribution in [-0.2, 0) is 9.53 Å². The van der Waals surface area contributed by atoms with E-state index in [0.717, 1.165) is 12.0 Å². The molecular weight excluding hydrogens is 300 g/mol. The minimum atomic E-state index is -0.638. The number of allylic oxidation sites excluding steroid dienone is 5. The maximum Gasteiger partial charge on any atom is 0.302 e. The van der Waals surface area contributed by atoms with Crippen LogP contribution in [0.4, 0.5) is 0 Å². The summed E-state index contributed by atoms with van der Waals surface area (Å²) < 4.78 is 4.84. The molecule has 0 amide bonds. The highest BCUT2D eigenvalue weighted by molar-refractivity contribution is 5.66. The van der Waals surface area contributed by atoms with E-state index in [9.17, 15) is 9.90 Å². The number of hydrogen-bond acceptors (Lipinski definition) is 3. The molecule has 134 valence electrons. The van der Waals surface area contributed by atoms with Crippen LogP contribution in [-0.4, -0.2) is 23.8 Å². The molecule has 3 nitrogen and oxygen atoms in total. The summed E-state index contributed by atoms with van der Waals surface area (Å²) in [5.41, 5.74) is 4.00. The third-order valence-electron chi connectivity index (χ3n) is 4.58. The molecule has 0 bridgehead atoms. The maximum atomic E-state index is 10.7. The summed E-state index contributed by atoms with van der Waals surface area (Å²) in [4.78, 5) is 10.7. The Morgan fingerprint density at radius 2 is 2.04 bits per heavy atom. The van der Waals surface area contributed by atoms with Gasteiger partial charge in [-0.15, -0.1) is 0 Å². The van der Waals surface area contributed by atoms with E-state index in [-0.39, 0.29) is 18.0 Å². The lowest BCUT2D eigenvalue weighted by molar-refractivity contribution is -0.139. The molecule has 0 aromatic heterocycles. The highest BCUT2D eigenvalue weighted by Gasteiger charge is 2.26. The van der Waals surface area contributed by atoms with Crippen LogP contribution in [0.3, 0.4) is 0 Å². The molecule has 0 radical (unpaired) electrons. The van der Waals surface area contributed by atoms with E-state index in [4.69, 9.17) is 4.74 Å². The van der Waals surface area contributed by atoms with Crippen molar-refractivity contribution in [3.8, 4) is 0 Å². The van der Waals surface area contributed by atoms with Crippen molar-refractivity contribution in [1.82, 2.24) is 0 Å². The van der Waals surface area contributed by atoms with Crippen LogP contribution in [0.5, 0.6) is 0 Å². The molecule has 1 unspecified atom stereocenters. The van der Waals surface area contributed by atoms with E-state index in [1.54, 1.807) is 12.2 Å². The topological polar surface area (TPSA) is 46.5 Å². The van der Waals surface area contributed by atoms with Crippen molar-refractivity contribution < 1.29 is 14.6 Å². The Bertz CT molecular complexity index is 547. The van der Waals surface area contributed by atoms with Crippen LogP contribution in [0.15, 0.2) is 47.1 Å². The number of carbonyl (C=O) groups excluding carboxylic acids is 1. The summed E-state index contributed by atoms with van der Waals surface area (Å²) in [6.45, 7) is 10.3. The molecule has 0 saturated carbocycles. The van der Waals surface area contributed by atoms with Gasteiger partial charge in [0.05, 0.1) is 6.10 Å². The molecule has 3 heteroatoms. The van der Waals surface area contributed by atoms with E-state index in [1.807, 2.05) is 13.0 Å². The van der Waals surface area contributed by atoms with Gasteiger partial charge in [0.25, 0.3) is 0 Å². The first kappa shape index (κ1) is 20.4. The van der Waals surface area contributed by atoms with Gasteiger partial charge in [-0.05, 0) is 62.2 Å². The van der Waals surface area contributed by atoms with Gasteiger partial charge in [0.15, 0.2) is 0 Å². The number of rotatable bonds is 7. The lowest BCUT2D eigenvalue weighted by atomic mass is 9.72. The lowest BCUT2D eigenvalue weighted by Gasteiger charge is -2.32. The fourth-order valence-electron chi connectivity index (χ4n) is 3.05. The highest BCUT2D eigenvalue weighted by atomic mass is 16.5. The molecule has 0 aromatic rings. The average Bonchev–Trinajstić information content (AvgIpc) is 2.48. The van der Waals surface area contributed by atoms with Crippen molar-refractivity contribution in [2.24, 2.45) is 5.41 Å². The average molecular weight is 332 g/mol. The molecule has 0 saturated heterocycles. The quantitative estimate of drug-likeness (QED) is 0.533. The predicted octanol–water partition coefficient (Wildman–Crippen LogP) is 4.89. The van der Waals surface area contributed by atoms with Crippen LogP contribution in [0, 0.1) is 5.41 Å². The number of aliphatic hydroxyl groups excluding tert-OH is 1. The molecule has 1 N–H and O–H groups in total. The first-order valence-electron chi connectivity index (χ1n) is 8.75. The largest absolute Gasteiger partial charge is 0.462 e. The number of carbonyl (C=O) groups is 1. The number of aliphatic hydroxyl groups is 1. The monoisotopic (exact) mass is 332 g/mol. The second-order valence-electron chi connectivity index (χ2n) is 7.19. The fourth-order valence-corrected chi connectivity index (χ4v) is 3.05. The normalized spacial score (nSPS) is 20.0. The highest BCUT2D eigenvalue weighted by Crippen LogP contribution is 2.40. The van der Waals surface area contributed by atoms with Gasteiger partial charge in [0, 0.05) is 6.92 Å². The molecule has 0 aliphatic heterocycles. The summed E-state index contributed by atoms with van der Waals surface area (Å²) in [7, 11) is 0. The third-order valence-corrected chi connectivity index (χ3v) is 4.58. The van der Waals surface area contributed by atoms with Crippen LogP contribution in [0.25, 0.3) is 0 Å². The van der Waals surface area contributed by atoms with Crippen molar-refractivity contribution in [2.75, 3.05) is 6.61 Å². The van der Waals surface area contributed by atoms with Crippen molar-refractivity contribution in [3.63, 3.8) is 0 Å². The van der Waals surface area contributed by atoms with Gasteiger partial charge >= 0.3 is 5.97 Å². The standard InChI is InChI=1S/C21H32O3/c1-16-10-9-14-21(4,5)19(16)11-7-6-8-12-20(23)17(2)13-15-24-18(3)22/h7-8,11-13,20,23H,6,9-10,14-15H2,1-5H3/b11-7-,12-8+,17-13+. The van der Waals surface area contributed by atoms with Crippen LogP contribution < -0.4 is 0 Å². The molecule has 1 aliphatic rings. The summed E-state index contributed by atoms with van der Waals surface area (Å²) in [5.74, 6) is -0.315. The molecule has 0 spiro atoms. The predicted molar refractivity (Wildman–Crippen MR) is 99.6 cm³/mol. The number of hydrogen-bond donors (Lipinski definition) is 1. The SMILES string of the molecule is CC(=O)OC/C=C(\C)C(O)/C=C/C/C=C\C1=C(C)CCCC1(C)C. The Morgan fingerprint density at radius 1 is 1.33 bits per heavy atom. The van der Waals surface area contributed by atoms with Crippen molar-refractivity contribution in [2.45, 2.75) is 66.4 Å². The van der Waals surface area contributed by atoms with Crippen molar-refractivity contribution >= 4 is 5.97 Å². The second kappa shape index (κ2) is 9.63. The Hall–Kier alpha value is -1.61.